The van der Waals surface area contributed by atoms with Gasteiger partial charge in [0.1, 0.15) is 5.82 Å². The van der Waals surface area contributed by atoms with E-state index in [9.17, 15) is 8.42 Å². The SMILES string of the molecule is CS(=O)(=O)N1CCN(c2ncc(CN)cc2Cl)CC1. The average Bonchev–Trinajstić information content (AvgIpc) is 2.37. The molecule has 2 rings (SSSR count). The van der Waals surface area contributed by atoms with Crippen LogP contribution in [0.3, 0.4) is 0 Å². The molecule has 1 fully saturated rings. The molecule has 8 heteroatoms. The third-order valence-corrected chi connectivity index (χ3v) is 4.70. The lowest BCUT2D eigenvalue weighted by molar-refractivity contribution is 0.387. The normalized spacial score (nSPS) is 17.7. The molecule has 2 N–H and O–H groups in total. The van der Waals surface area contributed by atoms with Crippen molar-refractivity contribution in [1.82, 2.24) is 9.29 Å². The minimum absolute atomic E-state index is 0.398. The number of rotatable bonds is 3. The van der Waals surface area contributed by atoms with E-state index < -0.39 is 10.0 Å². The first-order valence-electron chi connectivity index (χ1n) is 5.96. The number of nitrogens with two attached hydrogens (primary N) is 1. The summed E-state index contributed by atoms with van der Waals surface area (Å²) in [6.45, 7) is 2.48. The molecule has 1 aromatic heterocycles. The minimum Gasteiger partial charge on any atom is -0.353 e. The Morgan fingerprint density at radius 3 is 2.47 bits per heavy atom. The Morgan fingerprint density at radius 1 is 1.37 bits per heavy atom. The quantitative estimate of drug-likeness (QED) is 0.867. The van der Waals surface area contributed by atoms with Crippen LogP contribution in [0.1, 0.15) is 5.56 Å². The maximum atomic E-state index is 11.4. The van der Waals surface area contributed by atoms with Crippen molar-refractivity contribution in [3.8, 4) is 0 Å². The first-order valence-corrected chi connectivity index (χ1v) is 8.19. The van der Waals surface area contributed by atoms with E-state index in [0.717, 1.165) is 5.56 Å². The lowest BCUT2D eigenvalue weighted by Gasteiger charge is -2.34. The van der Waals surface area contributed by atoms with Crippen molar-refractivity contribution < 1.29 is 8.42 Å². The van der Waals surface area contributed by atoms with Gasteiger partial charge < -0.3 is 10.6 Å². The van der Waals surface area contributed by atoms with Gasteiger partial charge in [0.05, 0.1) is 11.3 Å². The number of nitrogens with zero attached hydrogens (tertiary/aromatic N) is 3. The van der Waals surface area contributed by atoms with Gasteiger partial charge in [-0.05, 0) is 11.6 Å². The molecule has 2 heterocycles. The summed E-state index contributed by atoms with van der Waals surface area (Å²) in [6.07, 6.45) is 2.92. The highest BCUT2D eigenvalue weighted by atomic mass is 35.5. The Kier molecular flexibility index (Phi) is 4.29. The highest BCUT2D eigenvalue weighted by molar-refractivity contribution is 7.88. The van der Waals surface area contributed by atoms with Gasteiger partial charge in [0.25, 0.3) is 0 Å². The van der Waals surface area contributed by atoms with Gasteiger partial charge in [-0.2, -0.15) is 4.31 Å². The van der Waals surface area contributed by atoms with Crippen LogP contribution in [-0.4, -0.2) is 50.1 Å². The van der Waals surface area contributed by atoms with Crippen LogP contribution in [0.5, 0.6) is 0 Å². The molecule has 0 bridgehead atoms. The Balaban J connectivity index is 2.10. The molecule has 0 saturated carbocycles. The molecular weight excluding hydrogens is 288 g/mol. The lowest BCUT2D eigenvalue weighted by atomic mass is 10.2. The molecule has 0 spiro atoms. The molecule has 0 aliphatic carbocycles. The van der Waals surface area contributed by atoms with Crippen molar-refractivity contribution in [3.05, 3.63) is 22.8 Å². The van der Waals surface area contributed by atoms with Gasteiger partial charge in [0.2, 0.25) is 10.0 Å². The maximum absolute atomic E-state index is 11.4. The van der Waals surface area contributed by atoms with E-state index in [1.165, 1.54) is 10.6 Å². The van der Waals surface area contributed by atoms with E-state index in [0.29, 0.717) is 43.6 Å². The number of hydrogen-bond donors (Lipinski definition) is 1. The molecular formula is C11H17ClN4O2S. The summed E-state index contributed by atoms with van der Waals surface area (Å²) in [7, 11) is -3.12. The molecule has 0 aromatic carbocycles. The predicted molar refractivity (Wildman–Crippen MR) is 75.8 cm³/mol. The largest absolute Gasteiger partial charge is 0.353 e. The van der Waals surface area contributed by atoms with Gasteiger partial charge in [0, 0.05) is 38.9 Å². The first-order chi connectivity index (χ1) is 8.91. The fraction of sp³-hybridized carbons (Fsp3) is 0.545. The van der Waals surface area contributed by atoms with E-state index in [1.807, 2.05) is 4.90 Å². The molecule has 1 aliphatic rings. The summed E-state index contributed by atoms with van der Waals surface area (Å²) in [4.78, 5) is 6.30. The topological polar surface area (TPSA) is 79.5 Å². The lowest BCUT2D eigenvalue weighted by Crippen LogP contribution is -2.48. The Labute approximate surface area is 118 Å². The third kappa shape index (κ3) is 3.36. The van der Waals surface area contributed by atoms with Crippen molar-refractivity contribution in [3.63, 3.8) is 0 Å². The Morgan fingerprint density at radius 2 is 2.00 bits per heavy atom. The second-order valence-electron chi connectivity index (χ2n) is 4.50. The molecule has 1 aromatic rings. The van der Waals surface area contributed by atoms with Crippen LogP contribution in [0.4, 0.5) is 5.82 Å². The number of sulfonamides is 1. The molecule has 0 unspecified atom stereocenters. The number of pyridine rings is 1. The van der Waals surface area contributed by atoms with Crippen LogP contribution in [0, 0.1) is 0 Å². The standard InChI is InChI=1S/C11H17ClN4O2S/c1-19(17,18)16-4-2-15(3-5-16)11-10(12)6-9(7-13)8-14-11/h6,8H,2-5,7,13H2,1H3. The zero-order chi connectivity index (χ0) is 14.0. The molecule has 106 valence electrons. The van der Waals surface area contributed by atoms with Gasteiger partial charge in [-0.25, -0.2) is 13.4 Å². The van der Waals surface area contributed by atoms with E-state index in [2.05, 4.69) is 4.98 Å². The van der Waals surface area contributed by atoms with Crippen LogP contribution < -0.4 is 10.6 Å². The number of piperazine rings is 1. The highest BCUT2D eigenvalue weighted by Gasteiger charge is 2.25. The summed E-state index contributed by atoms with van der Waals surface area (Å²) in [5, 5.41) is 0.552. The fourth-order valence-electron chi connectivity index (χ4n) is 2.05. The number of hydrogen-bond acceptors (Lipinski definition) is 5. The van der Waals surface area contributed by atoms with E-state index in [4.69, 9.17) is 17.3 Å². The summed E-state index contributed by atoms with van der Waals surface area (Å²) in [5.74, 6) is 0.687. The van der Waals surface area contributed by atoms with Crippen molar-refractivity contribution in [2.75, 3.05) is 37.3 Å². The number of anilines is 1. The van der Waals surface area contributed by atoms with Gasteiger partial charge in [0.15, 0.2) is 0 Å². The van der Waals surface area contributed by atoms with Crippen LogP contribution in [-0.2, 0) is 16.6 Å². The molecule has 0 atom stereocenters. The zero-order valence-electron chi connectivity index (χ0n) is 10.7. The monoisotopic (exact) mass is 304 g/mol. The van der Waals surface area contributed by atoms with E-state index in [-0.39, 0.29) is 0 Å². The van der Waals surface area contributed by atoms with Crippen molar-refractivity contribution >= 4 is 27.4 Å². The summed E-state index contributed by atoms with van der Waals surface area (Å²) in [5.41, 5.74) is 6.41. The molecule has 0 radical (unpaired) electrons. The summed E-state index contributed by atoms with van der Waals surface area (Å²) < 4.78 is 24.3. The molecule has 6 nitrogen and oxygen atoms in total. The number of aromatic nitrogens is 1. The van der Waals surface area contributed by atoms with Crippen LogP contribution in [0.25, 0.3) is 0 Å². The Bertz CT molecular complexity index is 556. The van der Waals surface area contributed by atoms with Gasteiger partial charge in [-0.15, -0.1) is 0 Å². The Hall–Kier alpha value is -0.890. The van der Waals surface area contributed by atoms with Crippen LogP contribution >= 0.6 is 11.6 Å². The third-order valence-electron chi connectivity index (χ3n) is 3.12. The summed E-state index contributed by atoms with van der Waals surface area (Å²) in [6, 6.07) is 1.80. The minimum atomic E-state index is -3.12. The smallest absolute Gasteiger partial charge is 0.211 e. The predicted octanol–water partition coefficient (Wildman–Crippen LogP) is 0.275. The van der Waals surface area contributed by atoms with Crippen LogP contribution in [0.15, 0.2) is 12.3 Å². The fourth-order valence-corrected chi connectivity index (χ4v) is 3.18. The van der Waals surface area contributed by atoms with Crippen molar-refractivity contribution in [2.45, 2.75) is 6.54 Å². The second kappa shape index (κ2) is 5.62. The molecule has 0 amide bonds. The average molecular weight is 305 g/mol. The summed E-state index contributed by atoms with van der Waals surface area (Å²) >= 11 is 6.18. The first kappa shape index (κ1) is 14.5. The molecule has 1 aliphatic heterocycles. The zero-order valence-corrected chi connectivity index (χ0v) is 12.3. The van der Waals surface area contributed by atoms with E-state index >= 15 is 0 Å². The maximum Gasteiger partial charge on any atom is 0.211 e. The van der Waals surface area contributed by atoms with Gasteiger partial charge >= 0.3 is 0 Å². The second-order valence-corrected chi connectivity index (χ2v) is 6.89. The number of halogens is 1. The van der Waals surface area contributed by atoms with Gasteiger partial charge in [-0.1, -0.05) is 11.6 Å². The van der Waals surface area contributed by atoms with E-state index in [1.54, 1.807) is 12.3 Å². The van der Waals surface area contributed by atoms with Crippen LogP contribution in [0.2, 0.25) is 5.02 Å². The molecule has 1 saturated heterocycles. The van der Waals surface area contributed by atoms with Crippen molar-refractivity contribution in [1.29, 1.82) is 0 Å². The van der Waals surface area contributed by atoms with Gasteiger partial charge in [-0.3, -0.25) is 0 Å². The highest BCUT2D eigenvalue weighted by Crippen LogP contribution is 2.25. The van der Waals surface area contributed by atoms with Crippen molar-refractivity contribution in [2.24, 2.45) is 5.73 Å². The molecule has 19 heavy (non-hydrogen) atoms.